The topological polar surface area (TPSA) is 123 Å². The number of nitrogens with zero attached hydrogens (tertiary/aromatic N) is 1. The molecule has 0 saturated heterocycles. The molecule has 0 heterocycles. The summed E-state index contributed by atoms with van der Waals surface area (Å²) in [6, 6.07) is 1.75. The average molecular weight is 578 g/mol. The largest absolute Gasteiger partial charge is 0.509 e. The van der Waals surface area contributed by atoms with Gasteiger partial charge in [0, 0.05) is 22.7 Å². The third-order valence-corrected chi connectivity index (χ3v) is 10.5. The molecule has 10 heteroatoms. The van der Waals surface area contributed by atoms with E-state index < -0.39 is 82.7 Å². The van der Waals surface area contributed by atoms with Gasteiger partial charge in [0.05, 0.1) is 6.10 Å². The molecule has 4 aliphatic rings. The van der Waals surface area contributed by atoms with E-state index in [0.717, 1.165) is 12.5 Å². The fourth-order valence-electron chi connectivity index (χ4n) is 8.51. The molecule has 8 nitrogen and oxygen atoms in total. The zero-order valence-corrected chi connectivity index (χ0v) is 24.6. The maximum atomic E-state index is 17.5. The molecule has 0 radical (unpaired) electrons. The van der Waals surface area contributed by atoms with E-state index in [-0.39, 0.29) is 30.8 Å². The van der Waals surface area contributed by atoms with Crippen molar-refractivity contribution in [3.05, 3.63) is 23.8 Å². The number of aliphatic hydroxyl groups is 1. The number of ketones is 1. The average Bonchev–Trinajstić information content (AvgIpc) is 3.11. The molecule has 2 unspecified atom stereocenters. The van der Waals surface area contributed by atoms with Crippen LogP contribution < -0.4 is 0 Å². The Kier molecular flexibility index (Phi) is 8.20. The Bertz CT molecular complexity index is 1200. The summed E-state index contributed by atoms with van der Waals surface area (Å²) >= 11 is 0. The van der Waals surface area contributed by atoms with Gasteiger partial charge in [0.2, 0.25) is 5.60 Å². The number of esters is 1. The zero-order valence-electron chi connectivity index (χ0n) is 24.6. The molecule has 10 atom stereocenters. The molecule has 1 N–H and O–H groups in total. The lowest BCUT2D eigenvalue weighted by Crippen LogP contribution is -2.71. The van der Waals surface area contributed by atoms with Crippen LogP contribution in [0.15, 0.2) is 23.8 Å². The summed E-state index contributed by atoms with van der Waals surface area (Å²) in [5, 5.41) is 20.7. The second-order valence-corrected chi connectivity index (χ2v) is 13.0. The van der Waals surface area contributed by atoms with Gasteiger partial charge in [0.15, 0.2) is 18.1 Å². The second-order valence-electron chi connectivity index (χ2n) is 13.0. The highest BCUT2D eigenvalue weighted by Crippen LogP contribution is 2.71. The van der Waals surface area contributed by atoms with Crippen molar-refractivity contribution in [1.82, 2.24) is 0 Å². The molecule has 4 rings (SSSR count). The highest BCUT2D eigenvalue weighted by Gasteiger charge is 2.79. The summed E-state index contributed by atoms with van der Waals surface area (Å²) in [5.74, 6) is -3.98. The van der Waals surface area contributed by atoms with Crippen molar-refractivity contribution in [2.45, 2.75) is 103 Å². The first-order valence-electron chi connectivity index (χ1n) is 14.5. The summed E-state index contributed by atoms with van der Waals surface area (Å²) in [4.78, 5) is 39.2. The Morgan fingerprint density at radius 1 is 1.24 bits per heavy atom. The van der Waals surface area contributed by atoms with Gasteiger partial charge >= 0.3 is 12.1 Å². The Labute approximate surface area is 240 Å². The van der Waals surface area contributed by atoms with Crippen molar-refractivity contribution in [2.24, 2.45) is 34.5 Å². The van der Waals surface area contributed by atoms with Crippen molar-refractivity contribution in [1.29, 1.82) is 5.26 Å². The van der Waals surface area contributed by atoms with Gasteiger partial charge in [-0.2, -0.15) is 5.26 Å². The van der Waals surface area contributed by atoms with Crippen LogP contribution in [-0.2, 0) is 23.8 Å². The molecule has 4 aliphatic carbocycles. The third-order valence-electron chi connectivity index (χ3n) is 10.5. The number of fused-ring (bicyclic) bond motifs is 5. The van der Waals surface area contributed by atoms with Crippen LogP contribution in [-0.4, -0.2) is 59.3 Å². The summed E-state index contributed by atoms with van der Waals surface area (Å²) in [7, 11) is 0. The molecule has 41 heavy (non-hydrogen) atoms. The van der Waals surface area contributed by atoms with Gasteiger partial charge in [0.25, 0.3) is 0 Å². The van der Waals surface area contributed by atoms with Crippen LogP contribution in [0.4, 0.5) is 13.6 Å². The number of allylic oxidation sites excluding steroid dienone is 4. The Morgan fingerprint density at radius 2 is 1.93 bits per heavy atom. The lowest BCUT2D eigenvalue weighted by molar-refractivity contribution is -0.234. The number of carbonyl (C=O) groups is 3. The molecule has 0 spiro atoms. The van der Waals surface area contributed by atoms with E-state index in [2.05, 4.69) is 0 Å². The maximum Gasteiger partial charge on any atom is 0.509 e. The highest BCUT2D eigenvalue weighted by atomic mass is 19.1. The fourth-order valence-corrected chi connectivity index (χ4v) is 8.51. The second kappa shape index (κ2) is 10.8. The Morgan fingerprint density at radius 3 is 2.54 bits per heavy atom. The van der Waals surface area contributed by atoms with Gasteiger partial charge in [0.1, 0.15) is 18.3 Å². The van der Waals surface area contributed by atoms with Gasteiger partial charge in [-0.1, -0.05) is 47.1 Å². The van der Waals surface area contributed by atoms with E-state index in [9.17, 15) is 19.5 Å². The molecule has 3 fully saturated rings. The van der Waals surface area contributed by atoms with E-state index in [1.54, 1.807) is 19.9 Å². The minimum Gasteiger partial charge on any atom is -0.447 e. The lowest BCUT2D eigenvalue weighted by Gasteiger charge is -2.62. The molecule has 0 aliphatic heterocycles. The van der Waals surface area contributed by atoms with Crippen molar-refractivity contribution < 1.29 is 42.5 Å². The molecular weight excluding hydrogens is 536 g/mol. The summed E-state index contributed by atoms with van der Waals surface area (Å²) < 4.78 is 50.2. The van der Waals surface area contributed by atoms with Crippen LogP contribution in [0.1, 0.15) is 73.6 Å². The summed E-state index contributed by atoms with van der Waals surface area (Å²) in [6.45, 7) is 9.93. The third kappa shape index (κ3) is 4.41. The minimum atomic E-state index is -2.36. The molecule has 3 saturated carbocycles. The van der Waals surface area contributed by atoms with Gasteiger partial charge in [-0.05, 0) is 62.2 Å². The molecule has 0 aromatic heterocycles. The first-order chi connectivity index (χ1) is 19.1. The van der Waals surface area contributed by atoms with Crippen molar-refractivity contribution in [3.63, 3.8) is 0 Å². The Hall–Kier alpha value is -2.80. The SMILES string of the molecule is CCCC(OC(=O)O[C@@]1(C(=O)OCC#N)[C@H](C)C[C@H]2[C@@H]3C[C@H](F)C4=CC(=O)C=C[C@]4(C)C3(F)[C@@H](O)C[C@@]21C)C(C)C. The number of ether oxygens (including phenoxy) is 3. The zero-order chi connectivity index (χ0) is 30.5. The first-order valence-corrected chi connectivity index (χ1v) is 14.5. The number of hydrogen-bond donors (Lipinski definition) is 1. The fraction of sp³-hybridized carbons (Fsp3) is 0.742. The molecule has 0 bridgehead atoms. The van der Waals surface area contributed by atoms with Crippen LogP contribution in [0.5, 0.6) is 0 Å². The molecule has 226 valence electrons. The smallest absolute Gasteiger partial charge is 0.447 e. The molecular formula is C31H41F2NO7. The number of carbonyl (C=O) groups excluding carboxylic acids is 3. The number of alkyl halides is 2. The Balaban J connectivity index is 1.80. The van der Waals surface area contributed by atoms with Crippen molar-refractivity contribution in [2.75, 3.05) is 6.61 Å². The van der Waals surface area contributed by atoms with Gasteiger partial charge < -0.3 is 19.3 Å². The number of rotatable bonds is 7. The number of hydrogen-bond acceptors (Lipinski definition) is 8. The predicted octanol–water partition coefficient (Wildman–Crippen LogP) is 5.33. The van der Waals surface area contributed by atoms with Gasteiger partial charge in [-0.15, -0.1) is 0 Å². The van der Waals surface area contributed by atoms with E-state index in [1.807, 2.05) is 20.8 Å². The van der Waals surface area contributed by atoms with Crippen LogP contribution in [0.25, 0.3) is 0 Å². The van der Waals surface area contributed by atoms with Gasteiger partial charge in [-0.3, -0.25) is 4.79 Å². The summed E-state index contributed by atoms with van der Waals surface area (Å²) in [5.41, 5.74) is -7.37. The van der Waals surface area contributed by atoms with E-state index in [4.69, 9.17) is 19.5 Å². The van der Waals surface area contributed by atoms with E-state index in [1.165, 1.54) is 19.1 Å². The highest BCUT2D eigenvalue weighted by molar-refractivity contribution is 6.01. The van der Waals surface area contributed by atoms with E-state index in [0.29, 0.717) is 6.42 Å². The van der Waals surface area contributed by atoms with Crippen LogP contribution in [0.3, 0.4) is 0 Å². The number of halogens is 2. The van der Waals surface area contributed by atoms with Crippen LogP contribution in [0.2, 0.25) is 0 Å². The normalized spacial score (nSPS) is 41.8. The first kappa shape index (κ1) is 31.1. The lowest BCUT2D eigenvalue weighted by atomic mass is 9.44. The number of aliphatic hydroxyl groups excluding tert-OH is 1. The van der Waals surface area contributed by atoms with E-state index >= 15 is 8.78 Å². The molecule has 0 aromatic carbocycles. The van der Waals surface area contributed by atoms with Crippen LogP contribution >= 0.6 is 0 Å². The maximum absolute atomic E-state index is 17.5. The predicted molar refractivity (Wildman–Crippen MR) is 144 cm³/mol. The monoisotopic (exact) mass is 577 g/mol. The van der Waals surface area contributed by atoms with Crippen LogP contribution in [0, 0.1) is 45.8 Å². The number of nitriles is 1. The van der Waals surface area contributed by atoms with Gasteiger partial charge in [-0.25, -0.2) is 18.4 Å². The molecule has 0 amide bonds. The summed E-state index contributed by atoms with van der Waals surface area (Å²) in [6.07, 6.45) is -0.421. The standard InChI is InChI=1S/C31H41F2NO7/c1-7-8-24(17(2)3)40-27(38)41-31(26(37)39-12-11-34)18(4)13-20-21-15-23(32)22-14-19(35)9-10-28(22,5)30(21,33)25(36)16-29(20,31)6/h9-10,14,17-18,20-21,23-25,36H,7-8,12-13,15-16H2,1-6H3/t18-,20+,21+,23+,24?,25+,28+,29+,30?,31-/m1/s1. The minimum absolute atomic E-state index is 0.00683. The van der Waals surface area contributed by atoms with Crippen molar-refractivity contribution >= 4 is 17.9 Å². The molecule has 0 aromatic rings. The quantitative estimate of drug-likeness (QED) is 0.403. The van der Waals surface area contributed by atoms with Crippen molar-refractivity contribution in [3.8, 4) is 6.07 Å².